The van der Waals surface area contributed by atoms with Crippen molar-refractivity contribution in [1.29, 1.82) is 0 Å². The summed E-state index contributed by atoms with van der Waals surface area (Å²) >= 11 is 0. The van der Waals surface area contributed by atoms with Gasteiger partial charge in [0.2, 0.25) is 5.82 Å². The Kier molecular flexibility index (Phi) is 9.69. The number of hydrogen-bond acceptors (Lipinski definition) is 9. The lowest BCUT2D eigenvalue weighted by Crippen LogP contribution is -2.55. The first-order valence-corrected chi connectivity index (χ1v) is 14.8. The van der Waals surface area contributed by atoms with E-state index in [1.165, 1.54) is 12.4 Å². The Morgan fingerprint density at radius 2 is 1.84 bits per heavy atom. The van der Waals surface area contributed by atoms with Gasteiger partial charge in [-0.3, -0.25) is 5.32 Å². The summed E-state index contributed by atoms with van der Waals surface area (Å²) in [6.07, 6.45) is 5.14. The smallest absolute Gasteiger partial charge is 0.449 e. The van der Waals surface area contributed by atoms with Gasteiger partial charge in [-0.15, -0.1) is 0 Å². The number of carbonyl (C=O) groups excluding carboxylic acids is 1. The molecule has 1 amide bonds. The average Bonchev–Trinajstić information content (AvgIpc) is 3.46. The molecule has 0 unspecified atom stereocenters. The summed E-state index contributed by atoms with van der Waals surface area (Å²) in [5.41, 5.74) is 1.96. The fraction of sp³-hybridized carbons (Fsp3) is 0.533. The van der Waals surface area contributed by atoms with Gasteiger partial charge >= 0.3 is 12.3 Å². The molecular formula is C30H38F3N7O3. The van der Waals surface area contributed by atoms with E-state index in [1.54, 1.807) is 12.3 Å². The summed E-state index contributed by atoms with van der Waals surface area (Å²) in [5.74, 6) is -0.306. The number of anilines is 3. The van der Waals surface area contributed by atoms with Gasteiger partial charge in [-0.25, -0.2) is 19.7 Å². The Balaban J connectivity index is 1.18. The van der Waals surface area contributed by atoms with Crippen LogP contribution in [0.15, 0.2) is 47.3 Å². The lowest BCUT2D eigenvalue weighted by atomic mass is 9.89. The molecule has 0 bridgehead atoms. The van der Waals surface area contributed by atoms with Crippen LogP contribution in [-0.4, -0.2) is 58.9 Å². The van der Waals surface area contributed by atoms with Gasteiger partial charge in [0.15, 0.2) is 5.76 Å². The molecule has 10 nitrogen and oxygen atoms in total. The van der Waals surface area contributed by atoms with Gasteiger partial charge in [-0.2, -0.15) is 13.2 Å². The minimum Gasteiger partial charge on any atom is -0.449 e. The summed E-state index contributed by atoms with van der Waals surface area (Å²) in [6.45, 7) is 5.69. The molecule has 2 aromatic heterocycles. The number of alkyl halides is 3. The van der Waals surface area contributed by atoms with E-state index in [0.29, 0.717) is 36.3 Å². The molecule has 3 N–H and O–H groups in total. The summed E-state index contributed by atoms with van der Waals surface area (Å²) in [7, 11) is 0. The van der Waals surface area contributed by atoms with Crippen LogP contribution in [0.4, 0.5) is 35.4 Å². The number of rotatable bonds is 9. The molecule has 0 spiro atoms. The maximum Gasteiger partial charge on any atom is 0.451 e. The quantitative estimate of drug-likeness (QED) is 0.258. The molecule has 1 aromatic carbocycles. The number of nitrogens with zero attached hydrogens (tertiary/aromatic N) is 4. The predicted octanol–water partition coefficient (Wildman–Crippen LogP) is 6.34. The van der Waals surface area contributed by atoms with Crippen molar-refractivity contribution in [3.8, 4) is 11.3 Å². The van der Waals surface area contributed by atoms with Crippen LogP contribution in [0.3, 0.4) is 0 Å². The van der Waals surface area contributed by atoms with Crippen LogP contribution in [-0.2, 0) is 10.9 Å². The van der Waals surface area contributed by atoms with E-state index >= 15 is 0 Å². The van der Waals surface area contributed by atoms with Crippen molar-refractivity contribution in [2.75, 3.05) is 35.2 Å². The molecule has 13 heteroatoms. The zero-order valence-electron chi connectivity index (χ0n) is 24.4. The van der Waals surface area contributed by atoms with Gasteiger partial charge in [0, 0.05) is 42.5 Å². The fourth-order valence-electron chi connectivity index (χ4n) is 5.56. The first-order valence-electron chi connectivity index (χ1n) is 14.8. The number of carbonyl (C=O) groups is 1. The number of nitrogens with one attached hydrogen (secondary N) is 3. The second kappa shape index (κ2) is 13.6. The van der Waals surface area contributed by atoms with Gasteiger partial charge in [0.05, 0.1) is 30.9 Å². The van der Waals surface area contributed by atoms with Crippen LogP contribution >= 0.6 is 0 Å². The number of amides is 1. The number of ether oxygens (including phenoxy) is 1. The topological polar surface area (TPSA) is 117 Å². The van der Waals surface area contributed by atoms with Crippen molar-refractivity contribution >= 4 is 23.5 Å². The van der Waals surface area contributed by atoms with E-state index in [-0.39, 0.29) is 24.0 Å². The minimum atomic E-state index is -4.55. The summed E-state index contributed by atoms with van der Waals surface area (Å²) < 4.78 is 49.9. The molecule has 3 atom stereocenters. The molecular weight excluding hydrogens is 563 g/mol. The zero-order valence-corrected chi connectivity index (χ0v) is 24.4. The van der Waals surface area contributed by atoms with E-state index in [2.05, 4.69) is 30.9 Å². The van der Waals surface area contributed by atoms with Crippen LogP contribution in [0, 0.1) is 5.92 Å². The Bertz CT molecular complexity index is 1350. The number of hydrogen-bond donors (Lipinski definition) is 3. The van der Waals surface area contributed by atoms with Crippen molar-refractivity contribution in [1.82, 2.24) is 20.3 Å². The lowest BCUT2D eigenvalue weighted by Gasteiger charge is -2.40. The number of benzene rings is 1. The first-order chi connectivity index (χ1) is 20.6. The van der Waals surface area contributed by atoms with Crippen LogP contribution < -0.4 is 20.9 Å². The van der Waals surface area contributed by atoms with Crippen LogP contribution in [0.5, 0.6) is 0 Å². The monoisotopic (exact) mass is 601 g/mol. The van der Waals surface area contributed by atoms with Crippen molar-refractivity contribution in [2.45, 2.75) is 76.7 Å². The Labute approximate surface area is 248 Å². The number of halogens is 3. The van der Waals surface area contributed by atoms with Gasteiger partial charge in [0.1, 0.15) is 0 Å². The highest BCUT2D eigenvalue weighted by molar-refractivity contribution is 5.85. The fourth-order valence-corrected chi connectivity index (χ4v) is 5.56. The number of piperidine rings is 1. The summed E-state index contributed by atoms with van der Waals surface area (Å²) in [6, 6.07) is 8.19. The largest absolute Gasteiger partial charge is 0.451 e. The Morgan fingerprint density at radius 3 is 2.58 bits per heavy atom. The molecule has 3 heterocycles. The molecule has 3 aromatic rings. The number of oxazole rings is 1. The minimum absolute atomic E-state index is 0.105. The van der Waals surface area contributed by atoms with Crippen LogP contribution in [0.1, 0.15) is 58.2 Å². The van der Waals surface area contributed by atoms with Crippen molar-refractivity contribution in [2.24, 2.45) is 5.92 Å². The molecule has 1 aliphatic carbocycles. The molecule has 1 saturated carbocycles. The average molecular weight is 602 g/mol. The maximum absolute atomic E-state index is 12.9. The molecule has 2 fully saturated rings. The second-order valence-corrected chi connectivity index (χ2v) is 11.6. The van der Waals surface area contributed by atoms with Crippen molar-refractivity contribution in [3.63, 3.8) is 0 Å². The van der Waals surface area contributed by atoms with E-state index in [1.807, 2.05) is 36.9 Å². The van der Waals surface area contributed by atoms with E-state index in [0.717, 1.165) is 50.6 Å². The van der Waals surface area contributed by atoms with Gasteiger partial charge < -0.3 is 24.7 Å². The van der Waals surface area contributed by atoms with E-state index in [9.17, 15) is 18.0 Å². The molecule has 1 aliphatic heterocycles. The van der Waals surface area contributed by atoms with Gasteiger partial charge in [-0.05, 0) is 43.7 Å². The summed E-state index contributed by atoms with van der Waals surface area (Å²) in [5, 5.41) is 10.0. The van der Waals surface area contributed by atoms with E-state index < -0.39 is 18.1 Å². The normalized spacial score (nSPS) is 21.1. The Morgan fingerprint density at radius 1 is 1.07 bits per heavy atom. The SMILES string of the molecule is CC(C)COC(=O)Nc1cccc(-c2cnc(N[C@@H]3CCCC[C@H]3N[C@H]3CCCN(c4cnc(C(F)(F)F)nc4)C3)o2)c1. The highest BCUT2D eigenvalue weighted by Gasteiger charge is 2.35. The van der Waals surface area contributed by atoms with Crippen molar-refractivity contribution < 1.29 is 27.1 Å². The molecule has 43 heavy (non-hydrogen) atoms. The van der Waals surface area contributed by atoms with E-state index in [4.69, 9.17) is 9.15 Å². The predicted molar refractivity (Wildman–Crippen MR) is 157 cm³/mol. The molecule has 0 radical (unpaired) electrons. The molecule has 232 valence electrons. The van der Waals surface area contributed by atoms with Crippen LogP contribution in [0.25, 0.3) is 11.3 Å². The third-order valence-electron chi connectivity index (χ3n) is 7.65. The van der Waals surface area contributed by atoms with Crippen LogP contribution in [0.2, 0.25) is 0 Å². The highest BCUT2D eigenvalue weighted by Crippen LogP contribution is 2.30. The second-order valence-electron chi connectivity index (χ2n) is 11.6. The Hall–Kier alpha value is -3.87. The third kappa shape index (κ3) is 8.37. The number of aromatic nitrogens is 3. The van der Waals surface area contributed by atoms with Gasteiger partial charge in [-0.1, -0.05) is 38.8 Å². The maximum atomic E-state index is 12.9. The molecule has 2 aliphatic rings. The molecule has 5 rings (SSSR count). The third-order valence-corrected chi connectivity index (χ3v) is 7.65. The van der Waals surface area contributed by atoms with Crippen molar-refractivity contribution in [3.05, 3.63) is 48.7 Å². The summed E-state index contributed by atoms with van der Waals surface area (Å²) in [4.78, 5) is 25.6. The lowest BCUT2D eigenvalue weighted by molar-refractivity contribution is -0.145. The zero-order chi connectivity index (χ0) is 30.4. The standard InChI is InChI=1S/C30H38F3N7O3/c1-19(2)18-42-29(41)38-21-8-5-7-20(13-21)26-16-36-28(43-26)39-25-11-4-3-10-24(25)37-22-9-6-12-40(17-22)23-14-34-27(35-15-23)30(31,32)33/h5,7-8,13-16,19,22,24-25,37H,3-4,6,9-12,17-18H2,1-2H3,(H,36,39)(H,38,41)/t22-,24+,25+/m0/s1. The first kappa shape index (κ1) is 30.6. The molecule has 1 saturated heterocycles. The van der Waals surface area contributed by atoms with Gasteiger partial charge in [0.25, 0.3) is 6.01 Å². The highest BCUT2D eigenvalue weighted by atomic mass is 19.4.